The SMILES string of the molecule is CC(C)(C)C1=CC(C=c2c(=O)c(=Cc3cc(-c4ccccc4)[o+]c(C(C)(C)C)c3)c2=O)C=C(c2ccccc2)O1. The van der Waals surface area contributed by atoms with Gasteiger partial charge in [0.05, 0.1) is 27.5 Å². The minimum absolute atomic E-state index is 0.190. The van der Waals surface area contributed by atoms with Crippen molar-refractivity contribution in [3.8, 4) is 11.3 Å². The summed E-state index contributed by atoms with van der Waals surface area (Å²) in [5.74, 6) is 2.75. The van der Waals surface area contributed by atoms with Crippen molar-refractivity contribution in [3.63, 3.8) is 0 Å². The molecule has 4 aromatic rings. The topological polar surface area (TPSA) is 54.7 Å². The average molecular weight is 532 g/mol. The van der Waals surface area contributed by atoms with Crippen molar-refractivity contribution >= 4 is 17.9 Å². The van der Waals surface area contributed by atoms with Crippen LogP contribution in [0.5, 0.6) is 0 Å². The standard InChI is InChI=1S/C36H35O4/c1-35(2,3)31-21-23(19-29(39-31)25-13-9-7-10-14-25)17-27-33(37)28(34(27)38)18-24-20-30(26-15-11-8-12-16-26)40-32(22-24)36(4,5)6/h7-23H,1-6H3/q+1. The molecule has 1 unspecified atom stereocenters. The molecule has 3 aromatic carbocycles. The van der Waals surface area contributed by atoms with E-state index < -0.39 is 0 Å². The van der Waals surface area contributed by atoms with Crippen molar-refractivity contribution in [1.29, 1.82) is 0 Å². The molecule has 1 atom stereocenters. The summed E-state index contributed by atoms with van der Waals surface area (Å²) in [6, 6.07) is 23.5. The van der Waals surface area contributed by atoms with Crippen LogP contribution in [-0.4, -0.2) is 0 Å². The molecular formula is C36H35O4+. The zero-order chi connectivity index (χ0) is 28.7. The molecule has 1 aliphatic heterocycles. The van der Waals surface area contributed by atoms with Crippen LogP contribution in [0.1, 0.15) is 58.4 Å². The van der Waals surface area contributed by atoms with Gasteiger partial charge in [-0.15, -0.1) is 0 Å². The van der Waals surface area contributed by atoms with Gasteiger partial charge in [0.2, 0.25) is 10.9 Å². The smallest absolute Gasteiger partial charge is 0.360 e. The summed E-state index contributed by atoms with van der Waals surface area (Å²) in [6.45, 7) is 12.5. The molecule has 2 heterocycles. The number of hydrogen-bond acceptors (Lipinski definition) is 3. The minimum Gasteiger partial charge on any atom is -0.461 e. The summed E-state index contributed by atoms with van der Waals surface area (Å²) in [7, 11) is 0. The summed E-state index contributed by atoms with van der Waals surface area (Å²) in [4.78, 5) is 26.5. The molecular weight excluding hydrogens is 496 g/mol. The van der Waals surface area contributed by atoms with Gasteiger partial charge in [0.1, 0.15) is 11.5 Å². The highest BCUT2D eigenvalue weighted by atomic mass is 16.5. The highest BCUT2D eigenvalue weighted by Crippen LogP contribution is 2.36. The number of ether oxygens (including phenoxy) is 1. The van der Waals surface area contributed by atoms with Crippen molar-refractivity contribution < 1.29 is 9.15 Å². The van der Waals surface area contributed by atoms with E-state index >= 15 is 0 Å². The predicted octanol–water partition coefficient (Wildman–Crippen LogP) is 6.35. The molecule has 0 amide bonds. The van der Waals surface area contributed by atoms with E-state index in [4.69, 9.17) is 9.15 Å². The van der Waals surface area contributed by atoms with Gasteiger partial charge in [0, 0.05) is 23.0 Å². The quantitative estimate of drug-likeness (QED) is 0.288. The molecule has 0 fully saturated rings. The van der Waals surface area contributed by atoms with Crippen LogP contribution in [0.25, 0.3) is 29.2 Å². The van der Waals surface area contributed by atoms with Gasteiger partial charge in [-0.1, -0.05) is 75.4 Å². The maximum absolute atomic E-state index is 13.3. The lowest BCUT2D eigenvalue weighted by Crippen LogP contribution is -2.64. The first-order valence-electron chi connectivity index (χ1n) is 13.6. The molecule has 0 N–H and O–H groups in total. The molecule has 1 aliphatic rings. The monoisotopic (exact) mass is 531 g/mol. The second-order valence-electron chi connectivity index (χ2n) is 12.4. The molecule has 0 radical (unpaired) electrons. The second kappa shape index (κ2) is 10.3. The summed E-state index contributed by atoms with van der Waals surface area (Å²) < 4.78 is 12.5. The van der Waals surface area contributed by atoms with Crippen molar-refractivity contribution in [3.05, 3.63) is 138 Å². The Morgan fingerprint density at radius 1 is 0.725 bits per heavy atom. The van der Waals surface area contributed by atoms with E-state index in [-0.39, 0.29) is 38.0 Å². The lowest BCUT2D eigenvalue weighted by Gasteiger charge is -2.29. The van der Waals surface area contributed by atoms with Gasteiger partial charge in [-0.3, -0.25) is 9.59 Å². The van der Waals surface area contributed by atoms with Gasteiger partial charge in [0.15, 0.2) is 0 Å². The Morgan fingerprint density at radius 2 is 1.32 bits per heavy atom. The molecule has 202 valence electrons. The van der Waals surface area contributed by atoms with Crippen molar-refractivity contribution in [2.24, 2.45) is 11.3 Å². The highest BCUT2D eigenvalue weighted by molar-refractivity contribution is 5.65. The van der Waals surface area contributed by atoms with Gasteiger partial charge in [-0.25, -0.2) is 4.42 Å². The lowest BCUT2D eigenvalue weighted by molar-refractivity contribution is 0.257. The zero-order valence-corrected chi connectivity index (χ0v) is 23.9. The minimum atomic E-state index is -0.250. The van der Waals surface area contributed by atoms with Gasteiger partial charge in [0.25, 0.3) is 0 Å². The van der Waals surface area contributed by atoms with Crippen molar-refractivity contribution in [1.82, 2.24) is 0 Å². The molecule has 0 saturated heterocycles. The van der Waals surface area contributed by atoms with Crippen LogP contribution in [-0.2, 0) is 10.2 Å². The predicted molar refractivity (Wildman–Crippen MR) is 162 cm³/mol. The van der Waals surface area contributed by atoms with Crippen LogP contribution >= 0.6 is 0 Å². The van der Waals surface area contributed by atoms with Crippen molar-refractivity contribution in [2.75, 3.05) is 0 Å². The first-order chi connectivity index (χ1) is 18.9. The van der Waals surface area contributed by atoms with E-state index in [1.54, 1.807) is 12.2 Å². The summed E-state index contributed by atoms with van der Waals surface area (Å²) in [5.41, 5.74) is 1.68. The Morgan fingerprint density at radius 3 is 1.90 bits per heavy atom. The van der Waals surface area contributed by atoms with Crippen LogP contribution in [0.3, 0.4) is 0 Å². The van der Waals surface area contributed by atoms with Gasteiger partial charge < -0.3 is 4.74 Å². The Kier molecular flexibility index (Phi) is 7.05. The highest BCUT2D eigenvalue weighted by Gasteiger charge is 2.29. The molecule has 0 aliphatic carbocycles. The van der Waals surface area contributed by atoms with E-state index in [0.29, 0.717) is 5.76 Å². The summed E-state index contributed by atoms with van der Waals surface area (Å²) >= 11 is 0. The molecule has 0 saturated carbocycles. The fourth-order valence-electron chi connectivity index (χ4n) is 4.64. The normalized spacial score (nSPS) is 15.7. The number of allylic oxidation sites excluding steroid dienone is 3. The molecule has 4 nitrogen and oxygen atoms in total. The molecule has 0 bridgehead atoms. The van der Waals surface area contributed by atoms with Gasteiger partial charge in [-0.05, 0) is 56.7 Å². The molecule has 5 rings (SSSR count). The fourth-order valence-corrected chi connectivity index (χ4v) is 4.64. The van der Waals surface area contributed by atoms with Crippen LogP contribution < -0.4 is 21.3 Å². The Bertz CT molecular complexity index is 1770. The van der Waals surface area contributed by atoms with E-state index in [0.717, 1.165) is 34.0 Å². The van der Waals surface area contributed by atoms with Crippen LogP contribution in [0, 0.1) is 11.3 Å². The van der Waals surface area contributed by atoms with E-state index in [1.165, 1.54) is 0 Å². The molecule has 4 heteroatoms. The van der Waals surface area contributed by atoms with Gasteiger partial charge >= 0.3 is 11.5 Å². The third kappa shape index (κ3) is 5.67. The van der Waals surface area contributed by atoms with E-state index in [2.05, 4.69) is 41.5 Å². The Hall–Kier alpha value is -4.31. The molecule has 1 aromatic heterocycles. The summed E-state index contributed by atoms with van der Waals surface area (Å²) in [5, 5.41) is 0.405. The van der Waals surface area contributed by atoms with Crippen LogP contribution in [0.15, 0.2) is 105 Å². The lowest BCUT2D eigenvalue weighted by atomic mass is 9.88. The third-order valence-corrected chi connectivity index (χ3v) is 6.97. The number of hydrogen-bond donors (Lipinski definition) is 0. The summed E-state index contributed by atoms with van der Waals surface area (Å²) in [6.07, 6.45) is 7.39. The maximum atomic E-state index is 13.3. The third-order valence-electron chi connectivity index (χ3n) is 6.97. The second-order valence-corrected chi connectivity index (χ2v) is 12.4. The Labute approximate surface area is 235 Å². The van der Waals surface area contributed by atoms with Crippen LogP contribution in [0.4, 0.5) is 0 Å². The first kappa shape index (κ1) is 27.3. The number of rotatable bonds is 4. The number of benzene rings is 2. The first-order valence-corrected chi connectivity index (χ1v) is 13.6. The van der Waals surface area contributed by atoms with Crippen LogP contribution in [0.2, 0.25) is 0 Å². The van der Waals surface area contributed by atoms with Gasteiger partial charge in [-0.2, -0.15) is 0 Å². The fraction of sp³-hybridized carbons (Fsp3) is 0.250. The van der Waals surface area contributed by atoms with E-state index in [9.17, 15) is 9.59 Å². The molecule has 40 heavy (non-hydrogen) atoms. The van der Waals surface area contributed by atoms with E-state index in [1.807, 2.05) is 84.9 Å². The molecule has 0 spiro atoms. The Balaban J connectivity index is 1.58. The zero-order valence-electron chi connectivity index (χ0n) is 23.9. The van der Waals surface area contributed by atoms with Crippen molar-refractivity contribution in [2.45, 2.75) is 47.0 Å². The maximum Gasteiger partial charge on any atom is 0.360 e. The largest absolute Gasteiger partial charge is 0.461 e. The average Bonchev–Trinajstić information content (AvgIpc) is 2.94.